The first-order valence-electron chi connectivity index (χ1n) is 5.51. The van der Waals surface area contributed by atoms with Crippen molar-refractivity contribution in [3.05, 3.63) is 53.3 Å². The molecule has 4 heteroatoms. The minimum Gasteiger partial charge on any atom is -0.478 e. The monoisotopic (exact) mass is 243 g/mol. The van der Waals surface area contributed by atoms with Crippen molar-refractivity contribution in [3.8, 4) is 11.5 Å². The van der Waals surface area contributed by atoms with Crippen LogP contribution in [0.2, 0.25) is 0 Å². The number of pyridine rings is 1. The van der Waals surface area contributed by atoms with Crippen molar-refractivity contribution in [2.75, 3.05) is 0 Å². The van der Waals surface area contributed by atoms with Gasteiger partial charge >= 0.3 is 5.97 Å². The SMILES string of the molecule is Cc1ccc(Oc2ccc(C)nc2)c(C(=O)O)c1. The summed E-state index contributed by atoms with van der Waals surface area (Å²) in [6.07, 6.45) is 1.57. The normalized spacial score (nSPS) is 10.1. The number of aryl methyl sites for hydroxylation is 2. The Balaban J connectivity index is 2.34. The van der Waals surface area contributed by atoms with Crippen LogP contribution in [0.4, 0.5) is 0 Å². The molecular formula is C14H13NO3. The molecule has 0 unspecified atom stereocenters. The second-order valence-corrected chi connectivity index (χ2v) is 4.04. The standard InChI is InChI=1S/C14H13NO3/c1-9-3-6-13(12(7-9)14(16)17)18-11-5-4-10(2)15-8-11/h3-8H,1-2H3,(H,16,17). The van der Waals surface area contributed by atoms with Crippen LogP contribution in [0.5, 0.6) is 11.5 Å². The molecule has 0 fully saturated rings. The molecule has 0 spiro atoms. The summed E-state index contributed by atoms with van der Waals surface area (Å²) in [5, 5.41) is 9.12. The average molecular weight is 243 g/mol. The van der Waals surface area contributed by atoms with Gasteiger partial charge in [0.1, 0.15) is 17.1 Å². The Morgan fingerprint density at radius 2 is 2.00 bits per heavy atom. The highest BCUT2D eigenvalue weighted by molar-refractivity contribution is 5.91. The Kier molecular flexibility index (Phi) is 3.28. The maximum Gasteiger partial charge on any atom is 0.339 e. The first-order chi connectivity index (χ1) is 8.56. The van der Waals surface area contributed by atoms with E-state index in [9.17, 15) is 4.79 Å². The van der Waals surface area contributed by atoms with Gasteiger partial charge in [0.2, 0.25) is 0 Å². The first kappa shape index (κ1) is 12.1. The number of carboxylic acids is 1. The summed E-state index contributed by atoms with van der Waals surface area (Å²) < 4.78 is 5.54. The molecule has 1 aromatic carbocycles. The van der Waals surface area contributed by atoms with E-state index in [1.807, 2.05) is 26.0 Å². The van der Waals surface area contributed by atoms with Crippen molar-refractivity contribution in [1.29, 1.82) is 0 Å². The summed E-state index contributed by atoms with van der Waals surface area (Å²) in [6, 6.07) is 8.61. The van der Waals surface area contributed by atoms with Crippen molar-refractivity contribution in [2.45, 2.75) is 13.8 Å². The van der Waals surface area contributed by atoms with Crippen molar-refractivity contribution in [1.82, 2.24) is 4.98 Å². The highest BCUT2D eigenvalue weighted by Crippen LogP contribution is 2.25. The lowest BCUT2D eigenvalue weighted by Crippen LogP contribution is -2.00. The number of rotatable bonds is 3. The van der Waals surface area contributed by atoms with E-state index in [2.05, 4.69) is 4.98 Å². The largest absolute Gasteiger partial charge is 0.478 e. The summed E-state index contributed by atoms with van der Waals surface area (Å²) in [5.41, 5.74) is 1.90. The number of nitrogens with zero attached hydrogens (tertiary/aromatic N) is 1. The van der Waals surface area contributed by atoms with E-state index in [0.29, 0.717) is 11.5 Å². The Bertz CT molecular complexity index is 576. The number of carbonyl (C=O) groups is 1. The molecule has 0 bridgehead atoms. The maximum absolute atomic E-state index is 11.1. The molecule has 18 heavy (non-hydrogen) atoms. The lowest BCUT2D eigenvalue weighted by atomic mass is 10.1. The van der Waals surface area contributed by atoms with E-state index in [4.69, 9.17) is 9.84 Å². The van der Waals surface area contributed by atoms with Crippen LogP contribution >= 0.6 is 0 Å². The number of benzene rings is 1. The molecule has 2 aromatic rings. The van der Waals surface area contributed by atoms with Crippen LogP contribution in [-0.4, -0.2) is 16.1 Å². The van der Waals surface area contributed by atoms with Crippen LogP contribution in [0.15, 0.2) is 36.5 Å². The van der Waals surface area contributed by atoms with Gasteiger partial charge in [0.15, 0.2) is 0 Å². The van der Waals surface area contributed by atoms with E-state index in [1.165, 1.54) is 0 Å². The molecule has 92 valence electrons. The third-order valence-electron chi connectivity index (χ3n) is 2.48. The molecule has 0 saturated carbocycles. The number of ether oxygens (including phenoxy) is 1. The molecule has 1 N–H and O–H groups in total. The third-order valence-corrected chi connectivity index (χ3v) is 2.48. The van der Waals surface area contributed by atoms with Crippen LogP contribution < -0.4 is 4.74 Å². The Hall–Kier alpha value is -2.36. The minimum atomic E-state index is -1.01. The lowest BCUT2D eigenvalue weighted by Gasteiger charge is -2.09. The van der Waals surface area contributed by atoms with E-state index in [1.54, 1.807) is 24.4 Å². The van der Waals surface area contributed by atoms with Crippen LogP contribution in [-0.2, 0) is 0 Å². The molecule has 1 heterocycles. The summed E-state index contributed by atoms with van der Waals surface area (Å²) in [6.45, 7) is 3.71. The predicted octanol–water partition coefficient (Wildman–Crippen LogP) is 3.19. The molecule has 0 atom stereocenters. The molecular weight excluding hydrogens is 230 g/mol. The average Bonchev–Trinajstić information content (AvgIpc) is 2.34. The van der Waals surface area contributed by atoms with Gasteiger partial charge in [0.25, 0.3) is 0 Å². The van der Waals surface area contributed by atoms with Crippen LogP contribution in [0.25, 0.3) is 0 Å². The van der Waals surface area contributed by atoms with Crippen molar-refractivity contribution < 1.29 is 14.6 Å². The van der Waals surface area contributed by atoms with Gasteiger partial charge in [-0.2, -0.15) is 0 Å². The molecule has 0 amide bonds. The van der Waals surface area contributed by atoms with Crippen molar-refractivity contribution in [2.24, 2.45) is 0 Å². The molecule has 0 radical (unpaired) electrons. The van der Waals surface area contributed by atoms with Gasteiger partial charge in [-0.1, -0.05) is 11.6 Å². The fraction of sp³-hybridized carbons (Fsp3) is 0.143. The van der Waals surface area contributed by atoms with Crippen molar-refractivity contribution in [3.63, 3.8) is 0 Å². The van der Waals surface area contributed by atoms with E-state index >= 15 is 0 Å². The summed E-state index contributed by atoms with van der Waals surface area (Å²) in [4.78, 5) is 15.2. The van der Waals surface area contributed by atoms with E-state index in [0.717, 1.165) is 11.3 Å². The predicted molar refractivity (Wildman–Crippen MR) is 67.2 cm³/mol. The Labute approximate surface area is 105 Å². The van der Waals surface area contributed by atoms with Gasteiger partial charge in [0, 0.05) is 5.69 Å². The number of hydrogen-bond acceptors (Lipinski definition) is 3. The highest BCUT2D eigenvalue weighted by atomic mass is 16.5. The second kappa shape index (κ2) is 4.87. The number of carboxylic acid groups (broad SMARTS) is 1. The molecule has 2 rings (SSSR count). The molecule has 0 saturated heterocycles. The molecule has 0 aliphatic rings. The van der Waals surface area contributed by atoms with Crippen LogP contribution in [0.3, 0.4) is 0 Å². The van der Waals surface area contributed by atoms with E-state index < -0.39 is 5.97 Å². The topological polar surface area (TPSA) is 59.4 Å². The van der Waals surface area contributed by atoms with Crippen LogP contribution in [0, 0.1) is 13.8 Å². The zero-order chi connectivity index (χ0) is 13.1. The third kappa shape index (κ3) is 2.66. The van der Waals surface area contributed by atoms with Gasteiger partial charge in [0.05, 0.1) is 6.20 Å². The zero-order valence-corrected chi connectivity index (χ0v) is 10.2. The number of hydrogen-bond donors (Lipinski definition) is 1. The highest BCUT2D eigenvalue weighted by Gasteiger charge is 2.12. The Morgan fingerprint density at radius 3 is 2.61 bits per heavy atom. The molecule has 0 aliphatic carbocycles. The molecule has 1 aromatic heterocycles. The Morgan fingerprint density at radius 1 is 1.22 bits per heavy atom. The number of aromatic nitrogens is 1. The van der Waals surface area contributed by atoms with Crippen molar-refractivity contribution >= 4 is 5.97 Å². The van der Waals surface area contributed by atoms with Gasteiger partial charge in [-0.15, -0.1) is 0 Å². The maximum atomic E-state index is 11.1. The molecule has 0 aliphatic heterocycles. The van der Waals surface area contributed by atoms with Gasteiger partial charge < -0.3 is 9.84 Å². The zero-order valence-electron chi connectivity index (χ0n) is 10.2. The minimum absolute atomic E-state index is 0.149. The van der Waals surface area contributed by atoms with E-state index in [-0.39, 0.29) is 5.56 Å². The summed E-state index contributed by atoms with van der Waals surface area (Å²) >= 11 is 0. The summed E-state index contributed by atoms with van der Waals surface area (Å²) in [5.74, 6) is -0.167. The summed E-state index contributed by atoms with van der Waals surface area (Å²) in [7, 11) is 0. The quantitative estimate of drug-likeness (QED) is 0.899. The fourth-order valence-corrected chi connectivity index (χ4v) is 1.54. The smallest absolute Gasteiger partial charge is 0.339 e. The second-order valence-electron chi connectivity index (χ2n) is 4.04. The van der Waals surface area contributed by atoms with Gasteiger partial charge in [-0.05, 0) is 38.1 Å². The van der Waals surface area contributed by atoms with Crippen LogP contribution in [0.1, 0.15) is 21.6 Å². The number of aromatic carboxylic acids is 1. The first-order valence-corrected chi connectivity index (χ1v) is 5.51. The fourth-order valence-electron chi connectivity index (χ4n) is 1.54. The lowest BCUT2D eigenvalue weighted by molar-refractivity contribution is 0.0694. The van der Waals surface area contributed by atoms with Gasteiger partial charge in [-0.25, -0.2) is 4.79 Å². The van der Waals surface area contributed by atoms with Gasteiger partial charge in [-0.3, -0.25) is 4.98 Å². The molecule has 4 nitrogen and oxygen atoms in total.